The molecule has 2 heterocycles. The number of halogens is 1. The van der Waals surface area contributed by atoms with Crippen LogP contribution in [0.25, 0.3) is 0 Å². The Balaban J connectivity index is 1.78. The number of aromatic nitrogens is 2. The van der Waals surface area contributed by atoms with Crippen LogP contribution in [0.5, 0.6) is 0 Å². The molecule has 0 aliphatic rings. The Bertz CT molecular complexity index is 558. The number of hydrogen-bond acceptors (Lipinski definition) is 3. The lowest BCUT2D eigenvalue weighted by Crippen LogP contribution is -2.28. The lowest BCUT2D eigenvalue weighted by Gasteiger charge is -2.03. The van der Waals surface area contributed by atoms with E-state index in [9.17, 15) is 4.79 Å². The van der Waals surface area contributed by atoms with E-state index in [0.717, 1.165) is 24.1 Å². The average Bonchev–Trinajstić information content (AvgIpc) is 2.92. The van der Waals surface area contributed by atoms with Crippen LogP contribution < -0.4 is 11.0 Å². The first kappa shape index (κ1) is 13.6. The van der Waals surface area contributed by atoms with Gasteiger partial charge in [0.05, 0.1) is 0 Å². The summed E-state index contributed by atoms with van der Waals surface area (Å²) in [4.78, 5) is 13.1. The summed E-state index contributed by atoms with van der Waals surface area (Å²) in [5, 5.41) is 5.41. The van der Waals surface area contributed by atoms with Crippen molar-refractivity contribution in [1.29, 1.82) is 0 Å². The van der Waals surface area contributed by atoms with E-state index in [1.165, 1.54) is 4.88 Å². The summed E-state index contributed by atoms with van der Waals surface area (Å²) < 4.78 is 4.57. The first-order valence-electron chi connectivity index (χ1n) is 5.90. The van der Waals surface area contributed by atoms with Crippen LogP contribution >= 0.6 is 27.3 Å². The molecule has 2 rings (SSSR count). The second-order valence-electron chi connectivity index (χ2n) is 3.97. The minimum Gasteiger partial charge on any atom is -0.310 e. The highest BCUT2D eigenvalue weighted by Crippen LogP contribution is 2.19. The van der Waals surface area contributed by atoms with E-state index in [4.69, 9.17) is 0 Å². The zero-order chi connectivity index (χ0) is 13.0. The van der Waals surface area contributed by atoms with E-state index in [0.29, 0.717) is 6.54 Å². The fourth-order valence-corrected chi connectivity index (χ4v) is 3.14. The molecule has 0 atom stereocenters. The molecule has 0 radical (unpaired) electrons. The third-order valence-corrected chi connectivity index (χ3v) is 4.41. The molecule has 0 aromatic carbocycles. The molecular weight excluding hydrogens is 314 g/mol. The smallest absolute Gasteiger partial charge is 0.310 e. The van der Waals surface area contributed by atoms with Crippen LogP contribution in [0.3, 0.4) is 0 Å². The lowest BCUT2D eigenvalue weighted by molar-refractivity contribution is 0.573. The van der Waals surface area contributed by atoms with Crippen molar-refractivity contribution in [2.45, 2.75) is 26.6 Å². The van der Waals surface area contributed by atoms with Crippen LogP contribution in [0.15, 0.2) is 33.1 Å². The summed E-state index contributed by atoms with van der Waals surface area (Å²) >= 11 is 5.16. The van der Waals surface area contributed by atoms with Gasteiger partial charge in [-0.2, -0.15) is 0 Å². The van der Waals surface area contributed by atoms with Crippen LogP contribution in [0.4, 0.5) is 0 Å². The predicted molar refractivity (Wildman–Crippen MR) is 78.1 cm³/mol. The van der Waals surface area contributed by atoms with Crippen molar-refractivity contribution in [2.24, 2.45) is 0 Å². The third kappa shape index (κ3) is 3.34. The number of nitrogens with zero attached hydrogens (tertiary/aromatic N) is 2. The van der Waals surface area contributed by atoms with E-state index in [1.807, 2.05) is 19.3 Å². The maximum Gasteiger partial charge on any atom is 0.328 e. The van der Waals surface area contributed by atoms with Crippen molar-refractivity contribution in [1.82, 2.24) is 14.5 Å². The van der Waals surface area contributed by atoms with E-state index in [2.05, 4.69) is 32.7 Å². The topological polar surface area (TPSA) is 39.0 Å². The molecule has 4 nitrogen and oxygen atoms in total. The SMILES string of the molecule is CCn1ccn(CCNCc2cc(Br)cs2)c1=O. The number of aryl methyl sites for hydroxylation is 1. The first-order valence-corrected chi connectivity index (χ1v) is 7.57. The lowest BCUT2D eigenvalue weighted by atomic mass is 10.4. The molecule has 0 bridgehead atoms. The molecule has 2 aromatic heterocycles. The van der Waals surface area contributed by atoms with E-state index >= 15 is 0 Å². The van der Waals surface area contributed by atoms with Gasteiger partial charge >= 0.3 is 5.69 Å². The van der Waals surface area contributed by atoms with Gasteiger partial charge in [-0.15, -0.1) is 11.3 Å². The molecule has 98 valence electrons. The average molecular weight is 330 g/mol. The Hall–Kier alpha value is -0.850. The minimum absolute atomic E-state index is 0.0677. The molecule has 0 aliphatic carbocycles. The summed E-state index contributed by atoms with van der Waals surface area (Å²) in [7, 11) is 0. The van der Waals surface area contributed by atoms with Gasteiger partial charge in [0.2, 0.25) is 0 Å². The summed E-state index contributed by atoms with van der Waals surface area (Å²) in [6.07, 6.45) is 3.67. The molecule has 6 heteroatoms. The molecule has 0 saturated heterocycles. The second-order valence-corrected chi connectivity index (χ2v) is 5.88. The normalized spacial score (nSPS) is 11.0. The Morgan fingerprint density at radius 1 is 1.39 bits per heavy atom. The minimum atomic E-state index is 0.0677. The number of rotatable bonds is 6. The number of hydrogen-bond donors (Lipinski definition) is 1. The van der Waals surface area contributed by atoms with Gasteiger partial charge in [0, 0.05) is 53.3 Å². The Labute approximate surface area is 118 Å². The van der Waals surface area contributed by atoms with Crippen molar-refractivity contribution in [3.8, 4) is 0 Å². The largest absolute Gasteiger partial charge is 0.328 e. The molecular formula is C12H16BrN3OS. The van der Waals surface area contributed by atoms with E-state index < -0.39 is 0 Å². The summed E-state index contributed by atoms with van der Waals surface area (Å²) in [6, 6.07) is 2.11. The van der Waals surface area contributed by atoms with Gasteiger partial charge in [0.25, 0.3) is 0 Å². The molecule has 18 heavy (non-hydrogen) atoms. The maximum atomic E-state index is 11.8. The van der Waals surface area contributed by atoms with Crippen molar-refractivity contribution in [3.63, 3.8) is 0 Å². The van der Waals surface area contributed by atoms with Gasteiger partial charge < -0.3 is 5.32 Å². The summed E-state index contributed by atoms with van der Waals surface area (Å²) in [5.74, 6) is 0. The van der Waals surface area contributed by atoms with Crippen LogP contribution in [-0.4, -0.2) is 15.7 Å². The van der Waals surface area contributed by atoms with Crippen LogP contribution in [0.2, 0.25) is 0 Å². The zero-order valence-corrected chi connectivity index (χ0v) is 12.6. The highest BCUT2D eigenvalue weighted by atomic mass is 79.9. The fourth-order valence-electron chi connectivity index (χ4n) is 1.72. The molecule has 0 amide bonds. The van der Waals surface area contributed by atoms with Crippen molar-refractivity contribution in [2.75, 3.05) is 6.54 Å². The maximum absolute atomic E-state index is 11.8. The molecule has 0 unspecified atom stereocenters. The van der Waals surface area contributed by atoms with Gasteiger partial charge in [0.15, 0.2) is 0 Å². The third-order valence-electron chi connectivity index (χ3n) is 2.71. The summed E-state index contributed by atoms with van der Waals surface area (Å²) in [6.45, 7) is 5.04. The molecule has 0 fully saturated rings. The zero-order valence-electron chi connectivity index (χ0n) is 10.2. The van der Waals surface area contributed by atoms with E-state index in [1.54, 1.807) is 20.5 Å². The Morgan fingerprint density at radius 3 is 2.78 bits per heavy atom. The van der Waals surface area contributed by atoms with Gasteiger partial charge in [-0.25, -0.2) is 4.79 Å². The quantitative estimate of drug-likeness (QED) is 0.826. The molecule has 0 aliphatic heterocycles. The Kier molecular flexibility index (Phi) is 4.79. The van der Waals surface area contributed by atoms with Gasteiger partial charge in [-0.3, -0.25) is 9.13 Å². The fraction of sp³-hybridized carbons (Fsp3) is 0.417. The second kappa shape index (κ2) is 6.36. The van der Waals surface area contributed by atoms with Gasteiger partial charge in [-0.05, 0) is 28.9 Å². The van der Waals surface area contributed by atoms with Crippen molar-refractivity contribution in [3.05, 3.63) is 43.7 Å². The van der Waals surface area contributed by atoms with Crippen LogP contribution in [-0.2, 0) is 19.6 Å². The molecule has 1 N–H and O–H groups in total. The highest BCUT2D eigenvalue weighted by molar-refractivity contribution is 9.10. The van der Waals surface area contributed by atoms with Crippen molar-refractivity contribution >= 4 is 27.3 Å². The van der Waals surface area contributed by atoms with E-state index in [-0.39, 0.29) is 5.69 Å². The highest BCUT2D eigenvalue weighted by Gasteiger charge is 2.01. The Morgan fingerprint density at radius 2 is 2.17 bits per heavy atom. The summed E-state index contributed by atoms with van der Waals surface area (Å²) in [5.41, 5.74) is 0.0677. The van der Waals surface area contributed by atoms with Crippen LogP contribution in [0.1, 0.15) is 11.8 Å². The monoisotopic (exact) mass is 329 g/mol. The number of nitrogens with one attached hydrogen (secondary N) is 1. The molecule has 2 aromatic rings. The molecule has 0 saturated carbocycles. The van der Waals surface area contributed by atoms with Crippen LogP contribution in [0, 0.1) is 0 Å². The number of imidazole rings is 1. The molecule has 0 spiro atoms. The predicted octanol–water partition coefficient (Wildman–Crippen LogP) is 2.28. The first-order chi connectivity index (χ1) is 8.70. The standard InChI is InChI=1S/C12H16BrN3OS/c1-2-15-5-6-16(12(15)17)4-3-14-8-11-7-10(13)9-18-11/h5-7,9,14H,2-4,8H2,1H3. The van der Waals surface area contributed by atoms with Gasteiger partial charge in [-0.1, -0.05) is 0 Å². The van der Waals surface area contributed by atoms with Crippen molar-refractivity contribution < 1.29 is 0 Å². The van der Waals surface area contributed by atoms with Gasteiger partial charge in [0.1, 0.15) is 0 Å². The number of thiophene rings is 1.